The molecule has 0 saturated heterocycles. The molecule has 0 aliphatic rings. The average molecular weight is 437 g/mol. The van der Waals surface area contributed by atoms with Crippen molar-refractivity contribution in [1.82, 2.24) is 0 Å². The third-order valence-electron chi connectivity index (χ3n) is 5.40. The summed E-state index contributed by atoms with van der Waals surface area (Å²) in [6, 6.07) is 11.9. The van der Waals surface area contributed by atoms with E-state index in [0.717, 1.165) is 33.9 Å². The van der Waals surface area contributed by atoms with Gasteiger partial charge in [-0.15, -0.1) is 0 Å². The van der Waals surface area contributed by atoms with Crippen LogP contribution in [0.4, 0.5) is 0 Å². The van der Waals surface area contributed by atoms with Gasteiger partial charge < -0.3 is 13.9 Å². The van der Waals surface area contributed by atoms with Gasteiger partial charge in [0.1, 0.15) is 24.5 Å². The molecule has 5 nitrogen and oxygen atoms in total. The summed E-state index contributed by atoms with van der Waals surface area (Å²) in [5, 5.41) is 0.938. The van der Waals surface area contributed by atoms with Crippen molar-refractivity contribution in [3.05, 3.63) is 53.3 Å². The minimum atomic E-state index is -0.332. The summed E-state index contributed by atoms with van der Waals surface area (Å²) in [5.74, 6) is 0.647. The molecule has 0 spiro atoms. The van der Waals surface area contributed by atoms with Gasteiger partial charge in [0.15, 0.2) is 12.0 Å². The SMILES string of the molecule is CC(=O)OCCOc1ccc(-c2c(C=O)oc3c(C(C)(C)C)cc(C(C)(C)C)cc23)cc1. The van der Waals surface area contributed by atoms with Gasteiger partial charge in [0, 0.05) is 23.4 Å². The van der Waals surface area contributed by atoms with Crippen molar-refractivity contribution in [3.63, 3.8) is 0 Å². The summed E-state index contributed by atoms with van der Waals surface area (Å²) in [4.78, 5) is 22.8. The van der Waals surface area contributed by atoms with Crippen molar-refractivity contribution in [2.45, 2.75) is 59.3 Å². The molecule has 1 aromatic heterocycles. The van der Waals surface area contributed by atoms with Gasteiger partial charge >= 0.3 is 5.97 Å². The van der Waals surface area contributed by atoms with Gasteiger partial charge in [0.2, 0.25) is 0 Å². The number of carbonyl (C=O) groups excluding carboxylic acids is 2. The van der Waals surface area contributed by atoms with E-state index in [9.17, 15) is 9.59 Å². The summed E-state index contributed by atoms with van der Waals surface area (Å²) in [6.45, 7) is 14.8. The van der Waals surface area contributed by atoms with Crippen LogP contribution >= 0.6 is 0 Å². The first-order chi connectivity index (χ1) is 14.9. The van der Waals surface area contributed by atoms with Crippen LogP contribution in [0.3, 0.4) is 0 Å². The topological polar surface area (TPSA) is 65.7 Å². The molecule has 170 valence electrons. The van der Waals surface area contributed by atoms with Crippen LogP contribution in [0, 0.1) is 0 Å². The minimum absolute atomic E-state index is 0.0519. The second-order valence-corrected chi connectivity index (χ2v) is 10.1. The number of furan rings is 1. The van der Waals surface area contributed by atoms with Crippen molar-refractivity contribution in [1.29, 1.82) is 0 Å². The van der Waals surface area contributed by atoms with Gasteiger partial charge in [-0.25, -0.2) is 0 Å². The molecule has 0 atom stereocenters. The van der Waals surface area contributed by atoms with E-state index in [-0.39, 0.29) is 30.0 Å². The van der Waals surface area contributed by atoms with Crippen LogP contribution in [0.1, 0.15) is 70.1 Å². The highest BCUT2D eigenvalue weighted by Crippen LogP contribution is 2.42. The normalized spacial score (nSPS) is 12.1. The van der Waals surface area contributed by atoms with Crippen molar-refractivity contribution in [3.8, 4) is 16.9 Å². The molecule has 0 aliphatic heterocycles. The zero-order chi connectivity index (χ0) is 23.7. The van der Waals surface area contributed by atoms with E-state index >= 15 is 0 Å². The fraction of sp³-hybridized carbons (Fsp3) is 0.407. The fourth-order valence-corrected chi connectivity index (χ4v) is 3.65. The molecule has 1 heterocycles. The van der Waals surface area contributed by atoms with E-state index in [1.807, 2.05) is 24.3 Å². The standard InChI is InChI=1S/C27H32O5/c1-17(29)30-12-13-31-20-10-8-18(9-11-20)24-21-14-19(26(2,3)4)15-22(27(5,6)7)25(21)32-23(24)16-28/h8-11,14-16H,12-13H2,1-7H3. The molecule has 0 unspecified atom stereocenters. The summed E-state index contributed by atoms with van der Waals surface area (Å²) < 4.78 is 16.6. The molecule has 5 heteroatoms. The van der Waals surface area contributed by atoms with Gasteiger partial charge in [-0.1, -0.05) is 59.7 Å². The Morgan fingerprint density at radius 2 is 1.62 bits per heavy atom. The first-order valence-corrected chi connectivity index (χ1v) is 10.8. The number of hydrogen-bond donors (Lipinski definition) is 0. The quantitative estimate of drug-likeness (QED) is 0.252. The van der Waals surface area contributed by atoms with Gasteiger partial charge in [-0.05, 0) is 40.2 Å². The highest BCUT2D eigenvalue weighted by molar-refractivity contribution is 6.03. The van der Waals surface area contributed by atoms with Gasteiger partial charge in [0.05, 0.1) is 0 Å². The lowest BCUT2D eigenvalue weighted by molar-refractivity contribution is -0.141. The molecule has 0 aliphatic carbocycles. The highest BCUT2D eigenvalue weighted by atomic mass is 16.6. The summed E-state index contributed by atoms with van der Waals surface area (Å²) >= 11 is 0. The highest BCUT2D eigenvalue weighted by Gasteiger charge is 2.27. The van der Waals surface area contributed by atoms with Gasteiger partial charge in [-0.2, -0.15) is 0 Å². The van der Waals surface area contributed by atoms with Crippen LogP contribution < -0.4 is 4.74 Å². The lowest BCUT2D eigenvalue weighted by atomic mass is 9.79. The number of rotatable bonds is 6. The maximum atomic E-state index is 11.9. The Balaban J connectivity index is 2.08. The van der Waals surface area contributed by atoms with E-state index in [0.29, 0.717) is 11.5 Å². The second-order valence-electron chi connectivity index (χ2n) is 10.1. The number of hydrogen-bond acceptors (Lipinski definition) is 5. The lowest BCUT2D eigenvalue weighted by Crippen LogP contribution is -2.16. The molecule has 3 rings (SSSR count). The van der Waals surface area contributed by atoms with Crippen molar-refractivity contribution in [2.75, 3.05) is 13.2 Å². The lowest BCUT2D eigenvalue weighted by Gasteiger charge is -2.25. The summed E-state index contributed by atoms with van der Waals surface area (Å²) in [7, 11) is 0. The number of benzene rings is 2. The van der Waals surface area contributed by atoms with Crippen LogP contribution in [0.15, 0.2) is 40.8 Å². The summed E-state index contributed by atoms with van der Waals surface area (Å²) in [6.07, 6.45) is 0.780. The Labute approximate surface area is 189 Å². The maximum absolute atomic E-state index is 11.9. The fourth-order valence-electron chi connectivity index (χ4n) is 3.65. The van der Waals surface area contributed by atoms with Crippen molar-refractivity contribution >= 4 is 23.2 Å². The van der Waals surface area contributed by atoms with Crippen molar-refractivity contribution in [2.24, 2.45) is 0 Å². The largest absolute Gasteiger partial charge is 0.490 e. The maximum Gasteiger partial charge on any atom is 0.302 e. The molecule has 0 fully saturated rings. The van der Waals surface area contributed by atoms with E-state index in [1.165, 1.54) is 12.5 Å². The predicted octanol–water partition coefficient (Wildman–Crippen LogP) is 6.45. The average Bonchev–Trinajstić information content (AvgIpc) is 3.08. The monoisotopic (exact) mass is 436 g/mol. The van der Waals surface area contributed by atoms with E-state index in [2.05, 4.69) is 53.7 Å². The molecular formula is C27H32O5. The van der Waals surface area contributed by atoms with E-state index in [4.69, 9.17) is 13.9 Å². The van der Waals surface area contributed by atoms with Crippen LogP contribution in [-0.4, -0.2) is 25.5 Å². The number of esters is 1. The molecule has 0 amide bonds. The van der Waals surface area contributed by atoms with E-state index < -0.39 is 0 Å². The molecule has 2 aromatic carbocycles. The third kappa shape index (κ3) is 5.04. The van der Waals surface area contributed by atoms with Crippen LogP contribution in [0.5, 0.6) is 5.75 Å². The molecule has 0 bridgehead atoms. The first kappa shape index (κ1) is 23.6. The molecule has 32 heavy (non-hydrogen) atoms. The third-order valence-corrected chi connectivity index (χ3v) is 5.40. The zero-order valence-corrected chi connectivity index (χ0v) is 20.0. The molecule has 0 saturated carbocycles. The predicted molar refractivity (Wildman–Crippen MR) is 127 cm³/mol. The van der Waals surface area contributed by atoms with Gasteiger partial charge in [-0.3, -0.25) is 9.59 Å². The molecule has 3 aromatic rings. The number of aldehydes is 1. The second kappa shape index (κ2) is 8.81. The van der Waals surface area contributed by atoms with Gasteiger partial charge in [0.25, 0.3) is 0 Å². The molecular weight excluding hydrogens is 404 g/mol. The Morgan fingerprint density at radius 3 is 2.16 bits per heavy atom. The number of ether oxygens (including phenoxy) is 2. The smallest absolute Gasteiger partial charge is 0.302 e. The number of carbonyl (C=O) groups is 2. The first-order valence-electron chi connectivity index (χ1n) is 10.8. The minimum Gasteiger partial charge on any atom is -0.490 e. The van der Waals surface area contributed by atoms with Crippen LogP contribution in [0.2, 0.25) is 0 Å². The number of fused-ring (bicyclic) bond motifs is 1. The Morgan fingerprint density at radius 1 is 0.969 bits per heavy atom. The van der Waals surface area contributed by atoms with Crippen LogP contribution in [-0.2, 0) is 20.4 Å². The Bertz CT molecular complexity index is 1120. The summed E-state index contributed by atoms with van der Waals surface area (Å²) in [5.41, 5.74) is 4.50. The van der Waals surface area contributed by atoms with Crippen LogP contribution in [0.25, 0.3) is 22.1 Å². The zero-order valence-electron chi connectivity index (χ0n) is 20.0. The Kier molecular flexibility index (Phi) is 6.49. The van der Waals surface area contributed by atoms with Crippen molar-refractivity contribution < 1.29 is 23.5 Å². The van der Waals surface area contributed by atoms with E-state index in [1.54, 1.807) is 0 Å². The Hall–Kier alpha value is -3.08. The molecule has 0 N–H and O–H groups in total. The molecule has 0 radical (unpaired) electrons.